The van der Waals surface area contributed by atoms with Gasteiger partial charge in [-0.3, -0.25) is 4.79 Å². The molecule has 0 bridgehead atoms. The Kier molecular flexibility index (Phi) is 7.24. The fourth-order valence-electron chi connectivity index (χ4n) is 1.19. The summed E-state index contributed by atoms with van der Waals surface area (Å²) in [5.74, 6) is 0.789. The third kappa shape index (κ3) is 8.91. The lowest BCUT2D eigenvalue weighted by atomic mass is 9.90. The van der Waals surface area contributed by atoms with E-state index in [0.29, 0.717) is 12.3 Å². The minimum atomic E-state index is 0.186. The Labute approximate surface area is 102 Å². The number of carbonyl (C=O) groups excluding carboxylic acids is 1. The first-order valence-electron chi connectivity index (χ1n) is 5.70. The molecule has 0 aromatic rings. The molecule has 1 N–H and O–H groups in total. The zero-order valence-corrected chi connectivity index (χ0v) is 12.0. The van der Waals surface area contributed by atoms with Crippen LogP contribution in [0, 0.1) is 11.3 Å². The van der Waals surface area contributed by atoms with Gasteiger partial charge in [0.15, 0.2) is 0 Å². The highest BCUT2D eigenvalue weighted by molar-refractivity contribution is 9.09. The Morgan fingerprint density at radius 1 is 1.40 bits per heavy atom. The van der Waals surface area contributed by atoms with E-state index in [4.69, 9.17) is 0 Å². The quantitative estimate of drug-likeness (QED) is 0.711. The second kappa shape index (κ2) is 7.26. The van der Waals surface area contributed by atoms with Crippen molar-refractivity contribution in [2.24, 2.45) is 11.3 Å². The first-order chi connectivity index (χ1) is 6.87. The van der Waals surface area contributed by atoms with Crippen LogP contribution in [0.25, 0.3) is 0 Å². The fraction of sp³-hybridized carbons (Fsp3) is 0.917. The summed E-state index contributed by atoms with van der Waals surface area (Å²) >= 11 is 3.43. The number of halogens is 1. The van der Waals surface area contributed by atoms with Gasteiger partial charge in [-0.15, -0.1) is 0 Å². The predicted octanol–water partition coefficient (Wildman–Crippen LogP) is 3.35. The SMILES string of the molecule is CC(C)CCC(=O)NCC(C)(C)CCBr. The van der Waals surface area contributed by atoms with Crippen molar-refractivity contribution in [2.45, 2.75) is 47.0 Å². The smallest absolute Gasteiger partial charge is 0.220 e. The van der Waals surface area contributed by atoms with Gasteiger partial charge in [0.05, 0.1) is 0 Å². The maximum atomic E-state index is 11.5. The lowest BCUT2D eigenvalue weighted by molar-refractivity contribution is -0.121. The molecule has 3 heteroatoms. The van der Waals surface area contributed by atoms with Gasteiger partial charge in [-0.25, -0.2) is 0 Å². The summed E-state index contributed by atoms with van der Waals surface area (Å²) in [6.45, 7) is 9.41. The molecule has 0 aliphatic heterocycles. The monoisotopic (exact) mass is 277 g/mol. The van der Waals surface area contributed by atoms with Gasteiger partial charge in [-0.05, 0) is 24.2 Å². The number of rotatable bonds is 7. The van der Waals surface area contributed by atoms with Crippen LogP contribution < -0.4 is 5.32 Å². The van der Waals surface area contributed by atoms with E-state index >= 15 is 0 Å². The van der Waals surface area contributed by atoms with Gasteiger partial charge in [0, 0.05) is 18.3 Å². The van der Waals surface area contributed by atoms with Gasteiger partial charge in [0.1, 0.15) is 0 Å². The van der Waals surface area contributed by atoms with Crippen molar-refractivity contribution < 1.29 is 4.79 Å². The van der Waals surface area contributed by atoms with Crippen molar-refractivity contribution >= 4 is 21.8 Å². The topological polar surface area (TPSA) is 29.1 Å². The van der Waals surface area contributed by atoms with E-state index in [1.165, 1.54) is 0 Å². The molecular formula is C12H24BrNO. The predicted molar refractivity (Wildman–Crippen MR) is 69.3 cm³/mol. The molecule has 0 rings (SSSR count). The Balaban J connectivity index is 3.70. The summed E-state index contributed by atoms with van der Waals surface area (Å²) in [5.41, 5.74) is 0.191. The van der Waals surface area contributed by atoms with Crippen molar-refractivity contribution in [3.05, 3.63) is 0 Å². The Bertz CT molecular complexity index is 190. The molecule has 0 aliphatic rings. The Morgan fingerprint density at radius 2 is 2.00 bits per heavy atom. The molecule has 0 radical (unpaired) electrons. The molecular weight excluding hydrogens is 254 g/mol. The number of carbonyl (C=O) groups is 1. The largest absolute Gasteiger partial charge is 0.356 e. The van der Waals surface area contributed by atoms with E-state index in [-0.39, 0.29) is 11.3 Å². The molecule has 90 valence electrons. The summed E-state index contributed by atoms with van der Waals surface area (Å²) in [7, 11) is 0. The first kappa shape index (κ1) is 14.9. The van der Waals surface area contributed by atoms with Crippen molar-refractivity contribution in [2.75, 3.05) is 11.9 Å². The van der Waals surface area contributed by atoms with Gasteiger partial charge < -0.3 is 5.32 Å². The van der Waals surface area contributed by atoms with Gasteiger partial charge in [-0.2, -0.15) is 0 Å². The molecule has 2 nitrogen and oxygen atoms in total. The van der Waals surface area contributed by atoms with E-state index in [2.05, 4.69) is 48.9 Å². The van der Waals surface area contributed by atoms with Crippen LogP contribution >= 0.6 is 15.9 Å². The van der Waals surface area contributed by atoms with Crippen LogP contribution in [0.4, 0.5) is 0 Å². The summed E-state index contributed by atoms with van der Waals surface area (Å²) in [6, 6.07) is 0. The molecule has 0 aliphatic carbocycles. The molecule has 0 heterocycles. The van der Waals surface area contributed by atoms with Crippen molar-refractivity contribution in [3.63, 3.8) is 0 Å². The van der Waals surface area contributed by atoms with E-state index in [1.807, 2.05) is 0 Å². The molecule has 15 heavy (non-hydrogen) atoms. The molecule has 0 aromatic carbocycles. The molecule has 0 atom stereocenters. The number of amides is 1. The van der Waals surface area contributed by atoms with Crippen molar-refractivity contribution in [1.29, 1.82) is 0 Å². The Hall–Kier alpha value is -0.0500. The zero-order chi connectivity index (χ0) is 11.9. The van der Waals surface area contributed by atoms with Crippen LogP contribution in [-0.2, 0) is 4.79 Å². The third-order valence-corrected chi connectivity index (χ3v) is 2.88. The van der Waals surface area contributed by atoms with Gasteiger partial charge in [0.25, 0.3) is 0 Å². The maximum Gasteiger partial charge on any atom is 0.220 e. The molecule has 0 aromatic heterocycles. The highest BCUT2D eigenvalue weighted by Gasteiger charge is 2.17. The third-order valence-electron chi connectivity index (χ3n) is 2.48. The van der Waals surface area contributed by atoms with Crippen molar-refractivity contribution in [1.82, 2.24) is 5.32 Å². The average molecular weight is 278 g/mol. The Morgan fingerprint density at radius 3 is 2.47 bits per heavy atom. The molecule has 0 fully saturated rings. The maximum absolute atomic E-state index is 11.5. The molecule has 0 saturated carbocycles. The second-order valence-corrected chi connectivity index (χ2v) is 6.11. The summed E-state index contributed by atoms with van der Waals surface area (Å²) < 4.78 is 0. The normalized spacial score (nSPS) is 11.9. The highest BCUT2D eigenvalue weighted by Crippen LogP contribution is 2.19. The molecule has 0 spiro atoms. The van der Waals surface area contributed by atoms with Crippen LogP contribution in [-0.4, -0.2) is 17.8 Å². The molecule has 1 amide bonds. The first-order valence-corrected chi connectivity index (χ1v) is 6.82. The lowest BCUT2D eigenvalue weighted by Crippen LogP contribution is -2.34. The zero-order valence-electron chi connectivity index (χ0n) is 10.4. The molecule has 0 saturated heterocycles. The lowest BCUT2D eigenvalue weighted by Gasteiger charge is -2.23. The highest BCUT2D eigenvalue weighted by atomic mass is 79.9. The minimum Gasteiger partial charge on any atom is -0.356 e. The van der Waals surface area contributed by atoms with Crippen LogP contribution in [0.15, 0.2) is 0 Å². The number of alkyl halides is 1. The van der Waals surface area contributed by atoms with Crippen LogP contribution in [0.2, 0.25) is 0 Å². The van der Waals surface area contributed by atoms with Crippen LogP contribution in [0.3, 0.4) is 0 Å². The average Bonchev–Trinajstić information content (AvgIpc) is 2.11. The standard InChI is InChI=1S/C12H24BrNO/c1-10(2)5-6-11(15)14-9-12(3,4)7-8-13/h10H,5-9H2,1-4H3,(H,14,15). The second-order valence-electron chi connectivity index (χ2n) is 5.31. The number of hydrogen-bond acceptors (Lipinski definition) is 1. The van der Waals surface area contributed by atoms with Gasteiger partial charge in [-0.1, -0.05) is 43.6 Å². The molecule has 0 unspecified atom stereocenters. The van der Waals surface area contributed by atoms with E-state index in [1.54, 1.807) is 0 Å². The van der Waals surface area contributed by atoms with Crippen molar-refractivity contribution in [3.8, 4) is 0 Å². The van der Waals surface area contributed by atoms with Gasteiger partial charge in [0.2, 0.25) is 5.91 Å². The number of nitrogens with one attached hydrogen (secondary N) is 1. The van der Waals surface area contributed by atoms with E-state index < -0.39 is 0 Å². The van der Waals surface area contributed by atoms with E-state index in [0.717, 1.165) is 24.7 Å². The summed E-state index contributed by atoms with van der Waals surface area (Å²) in [4.78, 5) is 11.5. The van der Waals surface area contributed by atoms with Crippen LogP contribution in [0.1, 0.15) is 47.0 Å². The van der Waals surface area contributed by atoms with Crippen LogP contribution in [0.5, 0.6) is 0 Å². The summed E-state index contributed by atoms with van der Waals surface area (Å²) in [6.07, 6.45) is 2.71. The fourth-order valence-corrected chi connectivity index (χ4v) is 2.26. The summed E-state index contributed by atoms with van der Waals surface area (Å²) in [5, 5.41) is 3.99. The van der Waals surface area contributed by atoms with Gasteiger partial charge >= 0.3 is 0 Å². The number of hydrogen-bond donors (Lipinski definition) is 1. The minimum absolute atomic E-state index is 0.186. The van der Waals surface area contributed by atoms with E-state index in [9.17, 15) is 4.79 Å².